The summed E-state index contributed by atoms with van der Waals surface area (Å²) in [6, 6.07) is 4.96. The van der Waals surface area contributed by atoms with Crippen molar-refractivity contribution in [2.24, 2.45) is 0 Å². The van der Waals surface area contributed by atoms with E-state index < -0.39 is 0 Å². The minimum Gasteiger partial charge on any atom is -0.258 e. The van der Waals surface area contributed by atoms with Crippen LogP contribution in [0.5, 0.6) is 0 Å². The molecule has 0 bridgehead atoms. The van der Waals surface area contributed by atoms with Crippen LogP contribution < -0.4 is 0 Å². The molecule has 0 unspecified atom stereocenters. The zero-order valence-corrected chi connectivity index (χ0v) is 9.61. The molecule has 0 atom stereocenters. The van der Waals surface area contributed by atoms with Crippen molar-refractivity contribution in [1.29, 1.82) is 0 Å². The summed E-state index contributed by atoms with van der Waals surface area (Å²) in [6.45, 7) is 3.54. The molecule has 0 N–H and O–H groups in total. The zero-order valence-electron chi connectivity index (χ0n) is 8.80. The SMILES string of the molecule is Cc1nsc(-c2ccc([N+](=O)[O-])c(C)c2)n1. The van der Waals surface area contributed by atoms with Gasteiger partial charge in [-0.2, -0.15) is 4.37 Å². The van der Waals surface area contributed by atoms with Crippen molar-refractivity contribution in [1.82, 2.24) is 9.36 Å². The van der Waals surface area contributed by atoms with Crippen LogP contribution in [0.2, 0.25) is 0 Å². The van der Waals surface area contributed by atoms with Gasteiger partial charge >= 0.3 is 0 Å². The third-order valence-corrected chi connectivity index (χ3v) is 3.02. The second kappa shape index (κ2) is 3.97. The number of benzene rings is 1. The fourth-order valence-electron chi connectivity index (χ4n) is 1.41. The topological polar surface area (TPSA) is 68.9 Å². The molecule has 0 radical (unpaired) electrons. The molecular weight excluding hydrogens is 226 g/mol. The summed E-state index contributed by atoms with van der Waals surface area (Å²) in [6.07, 6.45) is 0. The maximum atomic E-state index is 10.7. The summed E-state index contributed by atoms with van der Waals surface area (Å²) in [5.74, 6) is 0.719. The summed E-state index contributed by atoms with van der Waals surface area (Å²) in [5.41, 5.74) is 1.63. The molecular formula is C10H9N3O2S. The number of hydrogen-bond acceptors (Lipinski definition) is 5. The van der Waals surface area contributed by atoms with Gasteiger partial charge in [-0.25, -0.2) is 4.98 Å². The van der Waals surface area contributed by atoms with Gasteiger partial charge in [0.05, 0.1) is 4.92 Å². The summed E-state index contributed by atoms with van der Waals surface area (Å²) in [7, 11) is 0. The molecule has 6 heteroatoms. The first-order valence-electron chi connectivity index (χ1n) is 4.63. The summed E-state index contributed by atoms with van der Waals surface area (Å²) < 4.78 is 4.08. The van der Waals surface area contributed by atoms with Gasteiger partial charge < -0.3 is 0 Å². The number of aromatic nitrogens is 2. The van der Waals surface area contributed by atoms with Crippen molar-refractivity contribution in [3.8, 4) is 10.6 Å². The van der Waals surface area contributed by atoms with Crippen LogP contribution >= 0.6 is 11.5 Å². The van der Waals surface area contributed by atoms with Gasteiger partial charge in [0.2, 0.25) is 0 Å². The maximum Gasteiger partial charge on any atom is 0.272 e. The standard InChI is InChI=1S/C10H9N3O2S/c1-6-5-8(3-4-9(6)13(14)15)10-11-7(2)12-16-10/h3-5H,1-2H3. The fourth-order valence-corrected chi connectivity index (χ4v) is 2.07. The second-order valence-electron chi connectivity index (χ2n) is 3.41. The molecule has 0 saturated carbocycles. The van der Waals surface area contributed by atoms with E-state index >= 15 is 0 Å². The van der Waals surface area contributed by atoms with Crippen LogP contribution in [0.3, 0.4) is 0 Å². The summed E-state index contributed by atoms with van der Waals surface area (Å²) in [5, 5.41) is 11.4. The molecule has 82 valence electrons. The highest BCUT2D eigenvalue weighted by atomic mass is 32.1. The Kier molecular flexibility index (Phi) is 2.66. The minimum atomic E-state index is -0.384. The van der Waals surface area contributed by atoms with Crippen LogP contribution in [0.1, 0.15) is 11.4 Å². The summed E-state index contributed by atoms with van der Waals surface area (Å²) in [4.78, 5) is 14.5. The van der Waals surface area contributed by atoms with Crippen molar-refractivity contribution >= 4 is 17.2 Å². The molecule has 2 rings (SSSR count). The molecule has 0 aliphatic rings. The quantitative estimate of drug-likeness (QED) is 0.592. The zero-order chi connectivity index (χ0) is 11.7. The average Bonchev–Trinajstić information content (AvgIpc) is 2.64. The first kappa shape index (κ1) is 10.7. The number of rotatable bonds is 2. The molecule has 2 aromatic rings. The van der Waals surface area contributed by atoms with Crippen molar-refractivity contribution in [2.45, 2.75) is 13.8 Å². The fraction of sp³-hybridized carbons (Fsp3) is 0.200. The Balaban J connectivity index is 2.45. The lowest BCUT2D eigenvalue weighted by Gasteiger charge is -1.99. The highest BCUT2D eigenvalue weighted by Gasteiger charge is 2.12. The van der Waals surface area contributed by atoms with E-state index in [1.807, 2.05) is 6.92 Å². The maximum absolute atomic E-state index is 10.7. The van der Waals surface area contributed by atoms with Crippen molar-refractivity contribution in [3.63, 3.8) is 0 Å². The smallest absolute Gasteiger partial charge is 0.258 e. The van der Waals surface area contributed by atoms with E-state index in [4.69, 9.17) is 0 Å². The lowest BCUT2D eigenvalue weighted by Crippen LogP contribution is -1.91. The Hall–Kier alpha value is -1.82. The Morgan fingerprint density at radius 3 is 2.62 bits per heavy atom. The molecule has 0 amide bonds. The molecule has 1 aromatic carbocycles. The van der Waals surface area contributed by atoms with Gasteiger partial charge in [-0.15, -0.1) is 0 Å². The van der Waals surface area contributed by atoms with E-state index in [-0.39, 0.29) is 10.6 Å². The monoisotopic (exact) mass is 235 g/mol. The Morgan fingerprint density at radius 2 is 2.12 bits per heavy atom. The van der Waals surface area contributed by atoms with Crippen LogP contribution in [0, 0.1) is 24.0 Å². The highest BCUT2D eigenvalue weighted by molar-refractivity contribution is 7.09. The van der Waals surface area contributed by atoms with Gasteiger partial charge in [-0.3, -0.25) is 10.1 Å². The van der Waals surface area contributed by atoms with Gasteiger partial charge in [0.1, 0.15) is 10.8 Å². The third-order valence-electron chi connectivity index (χ3n) is 2.17. The molecule has 0 spiro atoms. The van der Waals surface area contributed by atoms with Crippen LogP contribution in [0.25, 0.3) is 10.6 Å². The van der Waals surface area contributed by atoms with E-state index in [0.29, 0.717) is 5.56 Å². The first-order valence-corrected chi connectivity index (χ1v) is 5.41. The third kappa shape index (κ3) is 1.92. The van der Waals surface area contributed by atoms with Crippen molar-refractivity contribution in [2.75, 3.05) is 0 Å². The first-order chi connectivity index (χ1) is 7.58. The van der Waals surface area contributed by atoms with E-state index in [1.165, 1.54) is 17.6 Å². The second-order valence-corrected chi connectivity index (χ2v) is 4.16. The highest BCUT2D eigenvalue weighted by Crippen LogP contribution is 2.26. The van der Waals surface area contributed by atoms with Gasteiger partial charge in [0, 0.05) is 17.2 Å². The van der Waals surface area contributed by atoms with E-state index in [2.05, 4.69) is 9.36 Å². The number of aryl methyl sites for hydroxylation is 2. The van der Waals surface area contributed by atoms with Crippen LogP contribution in [-0.2, 0) is 0 Å². The predicted molar refractivity (Wildman–Crippen MR) is 61.5 cm³/mol. The van der Waals surface area contributed by atoms with Gasteiger partial charge in [-0.05, 0) is 37.5 Å². The van der Waals surface area contributed by atoms with Crippen molar-refractivity contribution < 1.29 is 4.92 Å². The Labute approximate surface area is 96.1 Å². The Bertz CT molecular complexity index is 551. The minimum absolute atomic E-state index is 0.130. The molecule has 1 heterocycles. The number of nitro benzene ring substituents is 1. The lowest BCUT2D eigenvalue weighted by atomic mass is 10.1. The molecule has 0 fully saturated rings. The van der Waals surface area contributed by atoms with Crippen LogP contribution in [-0.4, -0.2) is 14.3 Å². The van der Waals surface area contributed by atoms with Gasteiger partial charge in [0.15, 0.2) is 0 Å². The molecule has 5 nitrogen and oxygen atoms in total. The molecule has 0 aliphatic heterocycles. The van der Waals surface area contributed by atoms with Crippen LogP contribution in [0.4, 0.5) is 5.69 Å². The predicted octanol–water partition coefficient (Wildman–Crippen LogP) is 2.73. The van der Waals surface area contributed by atoms with Gasteiger partial charge in [-0.1, -0.05) is 0 Å². The molecule has 0 aliphatic carbocycles. The Morgan fingerprint density at radius 1 is 1.38 bits per heavy atom. The van der Waals surface area contributed by atoms with Crippen LogP contribution in [0.15, 0.2) is 18.2 Å². The lowest BCUT2D eigenvalue weighted by molar-refractivity contribution is -0.385. The number of nitrogens with zero attached hydrogens (tertiary/aromatic N) is 3. The normalized spacial score (nSPS) is 10.4. The molecule has 16 heavy (non-hydrogen) atoms. The van der Waals surface area contributed by atoms with E-state index in [0.717, 1.165) is 16.4 Å². The van der Waals surface area contributed by atoms with Crippen molar-refractivity contribution in [3.05, 3.63) is 39.7 Å². The average molecular weight is 235 g/mol. The summed E-state index contributed by atoms with van der Waals surface area (Å²) >= 11 is 1.29. The molecule has 1 aromatic heterocycles. The number of hydrogen-bond donors (Lipinski definition) is 0. The molecule has 0 saturated heterocycles. The van der Waals surface area contributed by atoms with E-state index in [1.54, 1.807) is 19.1 Å². The largest absolute Gasteiger partial charge is 0.272 e. The number of nitro groups is 1. The van der Waals surface area contributed by atoms with Gasteiger partial charge in [0.25, 0.3) is 5.69 Å². The van der Waals surface area contributed by atoms with E-state index in [9.17, 15) is 10.1 Å².